The van der Waals surface area contributed by atoms with E-state index in [0.717, 1.165) is 6.42 Å². The number of furan rings is 1. The first-order chi connectivity index (χ1) is 11.6. The zero-order valence-corrected chi connectivity index (χ0v) is 15.5. The summed E-state index contributed by atoms with van der Waals surface area (Å²) in [5.41, 5.74) is 0.975. The molecule has 0 aliphatic heterocycles. The summed E-state index contributed by atoms with van der Waals surface area (Å²) >= 11 is 0. The van der Waals surface area contributed by atoms with Crippen LogP contribution in [-0.2, 0) is 0 Å². The van der Waals surface area contributed by atoms with Crippen LogP contribution in [0.4, 0.5) is 5.69 Å². The van der Waals surface area contributed by atoms with Crippen LogP contribution in [0.5, 0.6) is 0 Å². The molecule has 0 bridgehead atoms. The van der Waals surface area contributed by atoms with Gasteiger partial charge in [0.2, 0.25) is 0 Å². The van der Waals surface area contributed by atoms with Gasteiger partial charge in [0.15, 0.2) is 5.76 Å². The smallest absolute Gasteiger partial charge is 0.291 e. The molecule has 0 fully saturated rings. The molecule has 5 heteroatoms. The van der Waals surface area contributed by atoms with Gasteiger partial charge in [0.25, 0.3) is 11.8 Å². The van der Waals surface area contributed by atoms with E-state index >= 15 is 0 Å². The Morgan fingerprint density at radius 2 is 1.60 bits per heavy atom. The molecule has 2 aromatic rings. The molecule has 0 aliphatic rings. The first kappa shape index (κ1) is 18.8. The Bertz CT molecular complexity index is 723. The van der Waals surface area contributed by atoms with Gasteiger partial charge in [0.1, 0.15) is 0 Å². The van der Waals surface area contributed by atoms with E-state index in [2.05, 4.69) is 31.4 Å². The van der Waals surface area contributed by atoms with E-state index < -0.39 is 0 Å². The van der Waals surface area contributed by atoms with E-state index in [1.807, 2.05) is 13.8 Å². The summed E-state index contributed by atoms with van der Waals surface area (Å²) in [6.45, 7) is 10.5. The lowest BCUT2D eigenvalue weighted by molar-refractivity contribution is 0.0891. The fraction of sp³-hybridized carbons (Fsp3) is 0.400. The van der Waals surface area contributed by atoms with E-state index in [1.165, 1.54) is 6.26 Å². The fourth-order valence-corrected chi connectivity index (χ4v) is 3.05. The van der Waals surface area contributed by atoms with Crippen LogP contribution in [0.2, 0.25) is 0 Å². The van der Waals surface area contributed by atoms with Crippen molar-refractivity contribution in [2.24, 2.45) is 5.41 Å². The molecule has 0 unspecified atom stereocenters. The van der Waals surface area contributed by atoms with Gasteiger partial charge >= 0.3 is 0 Å². The molecule has 0 saturated carbocycles. The van der Waals surface area contributed by atoms with Gasteiger partial charge in [-0.1, -0.05) is 20.8 Å². The highest BCUT2D eigenvalue weighted by Crippen LogP contribution is 2.27. The summed E-state index contributed by atoms with van der Waals surface area (Å²) in [4.78, 5) is 24.4. The average molecular weight is 342 g/mol. The highest BCUT2D eigenvalue weighted by Gasteiger charge is 2.27. The van der Waals surface area contributed by atoms with Gasteiger partial charge in [-0.15, -0.1) is 0 Å². The van der Waals surface area contributed by atoms with Crippen LogP contribution in [0.25, 0.3) is 0 Å². The highest BCUT2D eigenvalue weighted by atomic mass is 16.3. The number of hydrogen-bond donors (Lipinski definition) is 2. The van der Waals surface area contributed by atoms with Gasteiger partial charge in [-0.25, -0.2) is 0 Å². The third-order valence-electron chi connectivity index (χ3n) is 3.57. The van der Waals surface area contributed by atoms with Crippen molar-refractivity contribution >= 4 is 17.5 Å². The summed E-state index contributed by atoms with van der Waals surface area (Å²) < 4.78 is 5.05. The minimum absolute atomic E-state index is 0.122. The normalized spacial score (nSPS) is 11.9. The van der Waals surface area contributed by atoms with Crippen molar-refractivity contribution in [3.05, 3.63) is 54.0 Å². The van der Waals surface area contributed by atoms with E-state index in [9.17, 15) is 9.59 Å². The quantitative estimate of drug-likeness (QED) is 0.842. The summed E-state index contributed by atoms with van der Waals surface area (Å²) in [5.74, 6) is -0.211. The standard InChI is InChI=1S/C20H26N2O3/c1-19(2,3)13-20(4,5)22-17(23)14-8-10-15(11-9-14)21-18(24)16-7-6-12-25-16/h6-12H,13H2,1-5H3,(H,21,24)(H,22,23). The molecule has 134 valence electrons. The first-order valence-electron chi connectivity index (χ1n) is 8.33. The zero-order valence-electron chi connectivity index (χ0n) is 15.5. The largest absolute Gasteiger partial charge is 0.459 e. The lowest BCUT2D eigenvalue weighted by Crippen LogP contribution is -2.45. The Kier molecular flexibility index (Phi) is 5.36. The van der Waals surface area contributed by atoms with E-state index in [1.54, 1.807) is 36.4 Å². The lowest BCUT2D eigenvalue weighted by Gasteiger charge is -2.33. The van der Waals surface area contributed by atoms with Gasteiger partial charge in [0.05, 0.1) is 6.26 Å². The summed E-state index contributed by atoms with van der Waals surface area (Å²) in [6.07, 6.45) is 2.31. The number of anilines is 1. The lowest BCUT2D eigenvalue weighted by atomic mass is 9.81. The molecule has 1 aromatic carbocycles. The maximum absolute atomic E-state index is 12.5. The Hall–Kier alpha value is -2.56. The predicted octanol–water partition coefficient (Wildman–Crippen LogP) is 4.48. The van der Waals surface area contributed by atoms with Crippen molar-refractivity contribution in [2.45, 2.75) is 46.6 Å². The van der Waals surface area contributed by atoms with Crippen molar-refractivity contribution in [3.63, 3.8) is 0 Å². The van der Waals surface area contributed by atoms with Crippen LogP contribution >= 0.6 is 0 Å². The van der Waals surface area contributed by atoms with Crippen molar-refractivity contribution in [3.8, 4) is 0 Å². The molecule has 2 N–H and O–H groups in total. The summed E-state index contributed by atoms with van der Waals surface area (Å²) in [6, 6.07) is 10.0. The number of amides is 2. The fourth-order valence-electron chi connectivity index (χ4n) is 3.05. The van der Waals surface area contributed by atoms with Crippen molar-refractivity contribution in [1.82, 2.24) is 5.32 Å². The van der Waals surface area contributed by atoms with E-state index in [4.69, 9.17) is 4.42 Å². The Morgan fingerprint density at radius 3 is 2.12 bits per heavy atom. The van der Waals surface area contributed by atoms with Crippen molar-refractivity contribution in [1.29, 1.82) is 0 Å². The molecule has 0 spiro atoms. The average Bonchev–Trinajstić information content (AvgIpc) is 2.99. The third kappa shape index (κ3) is 5.78. The van der Waals surface area contributed by atoms with Gasteiger partial charge in [-0.2, -0.15) is 0 Å². The SMILES string of the molecule is CC(C)(C)CC(C)(C)NC(=O)c1ccc(NC(=O)c2ccco2)cc1. The third-order valence-corrected chi connectivity index (χ3v) is 3.57. The molecular weight excluding hydrogens is 316 g/mol. The Morgan fingerprint density at radius 1 is 0.960 bits per heavy atom. The van der Waals surface area contributed by atoms with Crippen LogP contribution in [0, 0.1) is 5.41 Å². The molecule has 2 amide bonds. The monoisotopic (exact) mass is 342 g/mol. The molecule has 0 aliphatic carbocycles. The second-order valence-electron chi connectivity index (χ2n) is 8.08. The van der Waals surface area contributed by atoms with Gasteiger partial charge in [-0.3, -0.25) is 9.59 Å². The number of hydrogen-bond acceptors (Lipinski definition) is 3. The second kappa shape index (κ2) is 7.13. The first-order valence-corrected chi connectivity index (χ1v) is 8.33. The molecule has 0 atom stereocenters. The number of carbonyl (C=O) groups excluding carboxylic acids is 2. The molecule has 1 heterocycles. The van der Waals surface area contributed by atoms with Gasteiger partial charge in [0, 0.05) is 16.8 Å². The molecule has 2 rings (SSSR count). The van der Waals surface area contributed by atoms with Crippen molar-refractivity contribution in [2.75, 3.05) is 5.32 Å². The molecule has 0 saturated heterocycles. The molecular formula is C20H26N2O3. The number of carbonyl (C=O) groups is 2. The van der Waals surface area contributed by atoms with E-state index in [0.29, 0.717) is 11.3 Å². The number of nitrogens with one attached hydrogen (secondary N) is 2. The summed E-state index contributed by atoms with van der Waals surface area (Å²) in [7, 11) is 0. The van der Waals surface area contributed by atoms with Crippen LogP contribution in [0.15, 0.2) is 47.1 Å². The Labute approximate surface area is 148 Å². The van der Waals surface area contributed by atoms with Crippen LogP contribution in [0.1, 0.15) is 62.0 Å². The molecule has 1 aromatic heterocycles. The molecule has 25 heavy (non-hydrogen) atoms. The summed E-state index contributed by atoms with van der Waals surface area (Å²) in [5, 5.41) is 5.80. The zero-order chi connectivity index (χ0) is 18.7. The highest BCUT2D eigenvalue weighted by molar-refractivity contribution is 6.02. The van der Waals surface area contributed by atoms with Gasteiger partial charge < -0.3 is 15.1 Å². The minimum atomic E-state index is -0.325. The van der Waals surface area contributed by atoms with Crippen molar-refractivity contribution < 1.29 is 14.0 Å². The minimum Gasteiger partial charge on any atom is -0.459 e. The van der Waals surface area contributed by atoms with Crippen LogP contribution < -0.4 is 10.6 Å². The molecule has 5 nitrogen and oxygen atoms in total. The van der Waals surface area contributed by atoms with Crippen LogP contribution in [0.3, 0.4) is 0 Å². The number of benzene rings is 1. The van der Waals surface area contributed by atoms with E-state index in [-0.39, 0.29) is 28.5 Å². The molecule has 0 radical (unpaired) electrons. The maximum atomic E-state index is 12.5. The topological polar surface area (TPSA) is 71.3 Å². The predicted molar refractivity (Wildman–Crippen MR) is 98.7 cm³/mol. The van der Waals surface area contributed by atoms with Gasteiger partial charge in [-0.05, 0) is 62.1 Å². The Balaban J connectivity index is 1.99. The van der Waals surface area contributed by atoms with Crippen LogP contribution in [-0.4, -0.2) is 17.4 Å². The maximum Gasteiger partial charge on any atom is 0.291 e. The number of rotatable bonds is 5. The second-order valence-corrected chi connectivity index (χ2v) is 8.08.